The third kappa shape index (κ3) is 4.60. The molecule has 8 heteroatoms. The summed E-state index contributed by atoms with van der Waals surface area (Å²) in [6.07, 6.45) is 2.42. The van der Waals surface area contributed by atoms with E-state index in [1.54, 1.807) is 23.8 Å². The number of rotatable bonds is 7. The molecule has 0 radical (unpaired) electrons. The first-order chi connectivity index (χ1) is 15.5. The van der Waals surface area contributed by atoms with E-state index >= 15 is 0 Å². The smallest absolute Gasteiger partial charge is 0.318 e. The summed E-state index contributed by atoms with van der Waals surface area (Å²) in [5.74, 6) is -1.09. The number of methoxy groups -OCH3 is 1. The molecular formula is C24H35N3O5. The molecule has 32 heavy (non-hydrogen) atoms. The highest BCUT2D eigenvalue weighted by atomic mass is 16.5. The van der Waals surface area contributed by atoms with E-state index in [-0.39, 0.29) is 30.9 Å². The maximum absolute atomic E-state index is 14.0. The van der Waals surface area contributed by atoms with Crippen molar-refractivity contribution in [1.29, 1.82) is 0 Å². The second-order valence-electron chi connectivity index (χ2n) is 8.40. The monoisotopic (exact) mass is 445 g/mol. The molecule has 0 bridgehead atoms. The maximum Gasteiger partial charge on any atom is 0.318 e. The lowest BCUT2D eigenvalue weighted by molar-refractivity contribution is -0.148. The van der Waals surface area contributed by atoms with Crippen molar-refractivity contribution in [3.63, 3.8) is 0 Å². The molecule has 0 aromatic heterocycles. The lowest BCUT2D eigenvalue weighted by Gasteiger charge is -2.41. The normalized spacial score (nSPS) is 25.7. The van der Waals surface area contributed by atoms with Crippen LogP contribution in [0.2, 0.25) is 0 Å². The Labute approximate surface area is 190 Å². The van der Waals surface area contributed by atoms with Gasteiger partial charge in [-0.25, -0.2) is 4.79 Å². The molecule has 3 atom stereocenters. The Morgan fingerprint density at radius 2 is 1.94 bits per heavy atom. The van der Waals surface area contributed by atoms with Crippen LogP contribution < -0.4 is 5.32 Å². The molecule has 2 aliphatic rings. The summed E-state index contributed by atoms with van der Waals surface area (Å²) in [6, 6.07) is 8.59. The topological polar surface area (TPSA) is 88.2 Å². The number of benzene rings is 1. The zero-order valence-corrected chi connectivity index (χ0v) is 19.3. The molecule has 3 amide bonds. The molecule has 8 nitrogen and oxygen atoms in total. The number of amides is 3. The number of hydrogen-bond acceptors (Lipinski definition) is 5. The number of nitrogens with zero attached hydrogens (tertiary/aromatic N) is 2. The molecule has 2 aliphatic heterocycles. The van der Waals surface area contributed by atoms with Gasteiger partial charge in [-0.1, -0.05) is 30.3 Å². The van der Waals surface area contributed by atoms with Crippen LogP contribution in [-0.2, 0) is 19.1 Å². The van der Waals surface area contributed by atoms with E-state index in [9.17, 15) is 14.4 Å². The van der Waals surface area contributed by atoms with Crippen molar-refractivity contribution >= 4 is 17.9 Å². The van der Waals surface area contributed by atoms with Gasteiger partial charge in [-0.2, -0.15) is 0 Å². The van der Waals surface area contributed by atoms with E-state index in [0.29, 0.717) is 32.7 Å². The zero-order chi connectivity index (χ0) is 23.1. The van der Waals surface area contributed by atoms with Crippen LogP contribution in [-0.4, -0.2) is 73.2 Å². The highest BCUT2D eigenvalue weighted by Gasteiger charge is 2.61. The largest absolute Gasteiger partial charge is 0.466 e. The van der Waals surface area contributed by atoms with Gasteiger partial charge < -0.3 is 24.6 Å². The van der Waals surface area contributed by atoms with Gasteiger partial charge in [0.2, 0.25) is 5.91 Å². The predicted octanol–water partition coefficient (Wildman–Crippen LogP) is 2.74. The first kappa shape index (κ1) is 24.0. The first-order valence-electron chi connectivity index (χ1n) is 11.6. The molecule has 0 aliphatic carbocycles. The van der Waals surface area contributed by atoms with Crippen LogP contribution >= 0.6 is 0 Å². The molecular weight excluding hydrogens is 410 g/mol. The van der Waals surface area contributed by atoms with Gasteiger partial charge >= 0.3 is 12.0 Å². The van der Waals surface area contributed by atoms with E-state index in [0.717, 1.165) is 18.4 Å². The summed E-state index contributed by atoms with van der Waals surface area (Å²) in [6.45, 7) is 5.79. The lowest BCUT2D eigenvalue weighted by atomic mass is 9.85. The van der Waals surface area contributed by atoms with Crippen molar-refractivity contribution in [2.75, 3.05) is 40.0 Å². The Bertz CT molecular complexity index is 802. The van der Waals surface area contributed by atoms with Crippen LogP contribution in [0.15, 0.2) is 30.3 Å². The summed E-state index contributed by atoms with van der Waals surface area (Å²) in [7, 11) is 1.61. The van der Waals surface area contributed by atoms with Gasteiger partial charge in [0.05, 0.1) is 25.2 Å². The van der Waals surface area contributed by atoms with Gasteiger partial charge in [-0.15, -0.1) is 0 Å². The minimum Gasteiger partial charge on any atom is -0.466 e. The maximum atomic E-state index is 14.0. The minimum atomic E-state index is -1.10. The molecule has 1 spiro atoms. The van der Waals surface area contributed by atoms with Crippen LogP contribution in [0.3, 0.4) is 0 Å². The van der Waals surface area contributed by atoms with E-state index in [1.165, 1.54) is 0 Å². The minimum absolute atomic E-state index is 0.106. The molecule has 0 unspecified atom stereocenters. The van der Waals surface area contributed by atoms with Crippen molar-refractivity contribution in [1.82, 2.24) is 15.1 Å². The predicted molar refractivity (Wildman–Crippen MR) is 120 cm³/mol. The van der Waals surface area contributed by atoms with E-state index in [2.05, 4.69) is 5.32 Å². The summed E-state index contributed by atoms with van der Waals surface area (Å²) in [5.41, 5.74) is -0.268. The fourth-order valence-electron chi connectivity index (χ4n) is 5.12. The third-order valence-electron chi connectivity index (χ3n) is 6.47. The zero-order valence-electron chi connectivity index (χ0n) is 19.3. The SMILES string of the molecule is CCNC(=O)N1[C@@H](c2ccccc2)[C@@H](C(=O)OCC)C[C@]12CCCCN(CCOC)C2=O. The Balaban J connectivity index is 2.13. The van der Waals surface area contributed by atoms with Crippen molar-refractivity contribution in [2.24, 2.45) is 5.92 Å². The van der Waals surface area contributed by atoms with Crippen molar-refractivity contribution in [2.45, 2.75) is 51.1 Å². The molecule has 176 valence electrons. The second kappa shape index (κ2) is 10.8. The summed E-state index contributed by atoms with van der Waals surface area (Å²) >= 11 is 0. The number of esters is 1. The number of carbonyl (C=O) groups excluding carboxylic acids is 3. The number of ether oxygens (including phenoxy) is 2. The Morgan fingerprint density at radius 1 is 1.19 bits per heavy atom. The fourth-order valence-corrected chi connectivity index (χ4v) is 5.12. The second-order valence-corrected chi connectivity index (χ2v) is 8.40. The van der Waals surface area contributed by atoms with Crippen molar-refractivity contribution < 1.29 is 23.9 Å². The summed E-state index contributed by atoms with van der Waals surface area (Å²) in [5, 5.41) is 2.89. The molecule has 0 saturated carbocycles. The van der Waals surface area contributed by atoms with Crippen molar-refractivity contribution in [3.05, 3.63) is 35.9 Å². The molecule has 2 heterocycles. The molecule has 2 fully saturated rings. The van der Waals surface area contributed by atoms with Crippen LogP contribution in [0, 0.1) is 5.92 Å². The van der Waals surface area contributed by atoms with Gasteiger partial charge in [0.1, 0.15) is 5.54 Å². The van der Waals surface area contributed by atoms with E-state index < -0.39 is 17.5 Å². The van der Waals surface area contributed by atoms with Gasteiger partial charge in [-0.05, 0) is 45.1 Å². The lowest BCUT2D eigenvalue weighted by Crippen LogP contribution is -2.60. The van der Waals surface area contributed by atoms with E-state index in [1.807, 2.05) is 37.3 Å². The van der Waals surface area contributed by atoms with Gasteiger partial charge in [0.15, 0.2) is 0 Å². The van der Waals surface area contributed by atoms with Gasteiger partial charge in [0, 0.05) is 26.7 Å². The quantitative estimate of drug-likeness (QED) is 0.652. The standard InChI is InChI=1S/C24H35N3O5/c1-4-25-23(30)27-20(18-11-7-6-8-12-18)19(21(28)32-5-2)17-24(27)13-9-10-14-26(22(24)29)15-16-31-3/h6-8,11-12,19-20H,4-5,9-10,13-17H2,1-3H3,(H,25,30)/t19-,20-,24-/m0/s1. The van der Waals surface area contributed by atoms with Crippen molar-refractivity contribution in [3.8, 4) is 0 Å². The van der Waals surface area contributed by atoms with Gasteiger partial charge in [0.25, 0.3) is 0 Å². The van der Waals surface area contributed by atoms with Crippen LogP contribution in [0.5, 0.6) is 0 Å². The molecule has 1 aromatic carbocycles. The van der Waals surface area contributed by atoms with Crippen LogP contribution in [0.4, 0.5) is 4.79 Å². The van der Waals surface area contributed by atoms with Crippen LogP contribution in [0.25, 0.3) is 0 Å². The molecule has 3 rings (SSSR count). The first-order valence-corrected chi connectivity index (χ1v) is 11.6. The average Bonchev–Trinajstić information content (AvgIpc) is 3.07. The fraction of sp³-hybridized carbons (Fsp3) is 0.625. The summed E-state index contributed by atoms with van der Waals surface area (Å²) < 4.78 is 10.6. The van der Waals surface area contributed by atoms with Crippen LogP contribution in [0.1, 0.15) is 51.1 Å². The number of carbonyl (C=O) groups is 3. The molecule has 2 saturated heterocycles. The molecule has 1 aromatic rings. The molecule has 1 N–H and O–H groups in total. The Kier molecular flexibility index (Phi) is 8.12. The highest BCUT2D eigenvalue weighted by Crippen LogP contribution is 2.51. The van der Waals surface area contributed by atoms with Gasteiger partial charge in [-0.3, -0.25) is 9.59 Å². The highest BCUT2D eigenvalue weighted by molar-refractivity contribution is 5.94. The summed E-state index contributed by atoms with van der Waals surface area (Å²) in [4.78, 5) is 44.0. The third-order valence-corrected chi connectivity index (χ3v) is 6.47. The average molecular weight is 446 g/mol. The number of hydrogen-bond donors (Lipinski definition) is 1. The Hall–Kier alpha value is -2.61. The number of likely N-dealkylation sites (tertiary alicyclic amines) is 2. The Morgan fingerprint density at radius 3 is 2.59 bits per heavy atom. The number of nitrogens with one attached hydrogen (secondary N) is 1. The number of urea groups is 1. The van der Waals surface area contributed by atoms with E-state index in [4.69, 9.17) is 9.47 Å².